The third kappa shape index (κ3) is 3.86. The molecule has 2 fully saturated rings. The lowest BCUT2D eigenvalue weighted by Gasteiger charge is -2.23. The van der Waals surface area contributed by atoms with Gasteiger partial charge in [0.15, 0.2) is 0 Å². The first-order chi connectivity index (χ1) is 16.6. The number of nitrogens with one attached hydrogen (secondary N) is 2. The Morgan fingerprint density at radius 3 is 2.76 bits per heavy atom. The first-order valence-corrected chi connectivity index (χ1v) is 11.8. The number of hydrogen-bond donors (Lipinski definition) is 2. The monoisotopic (exact) mass is 459 g/mol. The van der Waals surface area contributed by atoms with Crippen molar-refractivity contribution in [2.75, 3.05) is 13.1 Å². The molecule has 6 rings (SSSR count). The van der Waals surface area contributed by atoms with E-state index in [4.69, 9.17) is 0 Å². The molecule has 1 aliphatic heterocycles. The van der Waals surface area contributed by atoms with E-state index in [9.17, 15) is 9.18 Å². The lowest BCUT2D eigenvalue weighted by Crippen LogP contribution is -2.26. The highest BCUT2D eigenvalue weighted by atomic mass is 19.1. The summed E-state index contributed by atoms with van der Waals surface area (Å²) in [4.78, 5) is 17.0. The Morgan fingerprint density at radius 2 is 1.97 bits per heavy atom. The summed E-state index contributed by atoms with van der Waals surface area (Å²) in [7, 11) is 0. The first kappa shape index (κ1) is 21.0. The lowest BCUT2D eigenvalue weighted by atomic mass is 9.91. The summed E-state index contributed by atoms with van der Waals surface area (Å²) >= 11 is 0. The van der Waals surface area contributed by atoms with E-state index in [2.05, 4.69) is 42.6 Å². The van der Waals surface area contributed by atoms with Crippen LogP contribution < -0.4 is 10.6 Å². The van der Waals surface area contributed by atoms with Crippen molar-refractivity contribution in [1.29, 1.82) is 0 Å². The molecular formula is C25H26FN7O. The smallest absolute Gasteiger partial charge is 0.254 e. The van der Waals surface area contributed by atoms with Crippen LogP contribution in [0.15, 0.2) is 42.9 Å². The van der Waals surface area contributed by atoms with Gasteiger partial charge in [0, 0.05) is 12.2 Å². The molecular weight excluding hydrogens is 433 g/mol. The maximum Gasteiger partial charge on any atom is 0.254 e. The predicted octanol–water partition coefficient (Wildman–Crippen LogP) is 3.39. The van der Waals surface area contributed by atoms with Gasteiger partial charge in [0.25, 0.3) is 5.91 Å². The second-order valence-corrected chi connectivity index (χ2v) is 9.27. The highest BCUT2D eigenvalue weighted by Crippen LogP contribution is 2.28. The number of amides is 1. The van der Waals surface area contributed by atoms with Crippen LogP contribution in [-0.4, -0.2) is 49.4 Å². The fraction of sp³-hybridized carbons (Fsp3) is 0.360. The number of piperidine rings is 1. The van der Waals surface area contributed by atoms with Crippen LogP contribution in [0.3, 0.4) is 0 Å². The summed E-state index contributed by atoms with van der Waals surface area (Å²) in [6, 6.07) is 7.28. The highest BCUT2D eigenvalue weighted by Gasteiger charge is 2.26. The van der Waals surface area contributed by atoms with Gasteiger partial charge in [-0.15, -0.1) is 5.10 Å². The van der Waals surface area contributed by atoms with Crippen molar-refractivity contribution in [2.24, 2.45) is 0 Å². The average Bonchev–Trinajstić information content (AvgIpc) is 3.36. The number of pyridine rings is 1. The van der Waals surface area contributed by atoms with E-state index in [-0.39, 0.29) is 11.6 Å². The maximum absolute atomic E-state index is 14.5. The second kappa shape index (κ2) is 8.32. The number of carbonyl (C=O) groups excluding carboxylic acids is 1. The zero-order valence-electron chi connectivity index (χ0n) is 19.0. The fourth-order valence-electron chi connectivity index (χ4n) is 4.66. The molecule has 0 bridgehead atoms. The molecule has 34 heavy (non-hydrogen) atoms. The van der Waals surface area contributed by atoms with Gasteiger partial charge in [0.2, 0.25) is 0 Å². The van der Waals surface area contributed by atoms with Crippen LogP contribution in [0.2, 0.25) is 0 Å². The molecule has 8 nitrogen and oxygen atoms in total. The molecule has 174 valence electrons. The van der Waals surface area contributed by atoms with Gasteiger partial charge in [-0.25, -0.2) is 14.1 Å². The van der Waals surface area contributed by atoms with Crippen molar-refractivity contribution < 1.29 is 9.18 Å². The number of hydrogen-bond acceptors (Lipinski definition) is 5. The Labute approximate surface area is 196 Å². The average molecular weight is 460 g/mol. The van der Waals surface area contributed by atoms with Gasteiger partial charge < -0.3 is 10.6 Å². The molecule has 2 N–H and O–H groups in total. The second-order valence-electron chi connectivity index (χ2n) is 9.27. The van der Waals surface area contributed by atoms with Crippen molar-refractivity contribution in [3.8, 4) is 17.1 Å². The van der Waals surface area contributed by atoms with Gasteiger partial charge in [-0.1, -0.05) is 11.3 Å². The van der Waals surface area contributed by atoms with Crippen LogP contribution in [0.5, 0.6) is 0 Å². The summed E-state index contributed by atoms with van der Waals surface area (Å²) in [6.45, 7) is 3.86. The van der Waals surface area contributed by atoms with E-state index < -0.39 is 11.7 Å². The number of benzene rings is 1. The topological polar surface area (TPSA) is 89.1 Å². The van der Waals surface area contributed by atoms with E-state index in [0.29, 0.717) is 22.9 Å². The van der Waals surface area contributed by atoms with Crippen LogP contribution in [0.25, 0.3) is 22.7 Å². The number of rotatable bonds is 5. The molecule has 0 radical (unpaired) electrons. The van der Waals surface area contributed by atoms with Gasteiger partial charge in [-0.3, -0.25) is 9.20 Å². The summed E-state index contributed by atoms with van der Waals surface area (Å²) < 4.78 is 18.2. The standard InChI is InChI=1S/C25H26FN7O/c1-15-10-20(26)19(25(34)29-18-3-4-18)11-22(15)33-14-21(30-31-33)23-12-28-24-5-2-17(13-32(23)24)16-6-8-27-9-7-16/h2,5,10-14,16,18,27H,3-4,6-9H2,1H3,(H,29,34). The highest BCUT2D eigenvalue weighted by molar-refractivity contribution is 5.95. The zero-order valence-corrected chi connectivity index (χ0v) is 19.0. The van der Waals surface area contributed by atoms with Crippen molar-refractivity contribution >= 4 is 11.6 Å². The van der Waals surface area contributed by atoms with Crippen LogP contribution in [0.1, 0.15) is 53.1 Å². The predicted molar refractivity (Wildman–Crippen MR) is 126 cm³/mol. The number of fused-ring (bicyclic) bond motifs is 1. The molecule has 1 saturated heterocycles. The Hall–Kier alpha value is -3.59. The first-order valence-electron chi connectivity index (χ1n) is 11.8. The molecule has 1 aliphatic carbocycles. The molecule has 0 unspecified atom stereocenters. The minimum Gasteiger partial charge on any atom is -0.349 e. The van der Waals surface area contributed by atoms with Gasteiger partial charge in [0.1, 0.15) is 17.2 Å². The lowest BCUT2D eigenvalue weighted by molar-refractivity contribution is 0.0947. The molecule has 1 amide bonds. The third-order valence-electron chi connectivity index (χ3n) is 6.78. The summed E-state index contributed by atoms with van der Waals surface area (Å²) in [6.07, 6.45) is 9.86. The molecule has 0 spiro atoms. The minimum atomic E-state index is -0.535. The van der Waals surface area contributed by atoms with E-state index >= 15 is 0 Å². The van der Waals surface area contributed by atoms with Crippen molar-refractivity contribution in [2.45, 2.75) is 44.6 Å². The third-order valence-corrected chi connectivity index (χ3v) is 6.78. The van der Waals surface area contributed by atoms with Crippen molar-refractivity contribution in [3.63, 3.8) is 0 Å². The largest absolute Gasteiger partial charge is 0.349 e. The minimum absolute atomic E-state index is 0.0194. The Morgan fingerprint density at radius 1 is 1.15 bits per heavy atom. The van der Waals surface area contributed by atoms with Crippen LogP contribution in [-0.2, 0) is 0 Å². The van der Waals surface area contributed by atoms with E-state index in [1.807, 2.05) is 6.07 Å². The molecule has 1 saturated carbocycles. The van der Waals surface area contributed by atoms with Gasteiger partial charge >= 0.3 is 0 Å². The molecule has 0 atom stereocenters. The SMILES string of the molecule is Cc1cc(F)c(C(=O)NC2CC2)cc1-n1cc(-c2cnc3ccc(C4CCNCC4)cn23)nn1. The van der Waals surface area contributed by atoms with Crippen molar-refractivity contribution in [3.05, 3.63) is 65.4 Å². The van der Waals surface area contributed by atoms with E-state index in [0.717, 1.165) is 50.1 Å². The van der Waals surface area contributed by atoms with Gasteiger partial charge in [-0.05, 0) is 80.9 Å². The molecule has 3 aromatic heterocycles. The normalized spacial score (nSPS) is 16.8. The number of nitrogens with zero attached hydrogens (tertiary/aromatic N) is 5. The molecule has 9 heteroatoms. The summed E-state index contributed by atoms with van der Waals surface area (Å²) in [5.41, 5.74) is 4.94. The Balaban J connectivity index is 1.34. The molecule has 4 heterocycles. The van der Waals surface area contributed by atoms with Crippen molar-refractivity contribution in [1.82, 2.24) is 35.0 Å². The van der Waals surface area contributed by atoms with Gasteiger partial charge in [0.05, 0.1) is 29.3 Å². The fourth-order valence-corrected chi connectivity index (χ4v) is 4.66. The molecule has 4 aromatic rings. The van der Waals surface area contributed by atoms with Crippen LogP contribution in [0, 0.1) is 12.7 Å². The molecule has 1 aromatic carbocycles. The van der Waals surface area contributed by atoms with E-state index in [1.54, 1.807) is 30.1 Å². The number of carbonyl (C=O) groups is 1. The van der Waals surface area contributed by atoms with Crippen LogP contribution >= 0.6 is 0 Å². The van der Waals surface area contributed by atoms with Gasteiger partial charge in [-0.2, -0.15) is 0 Å². The Bertz CT molecular complexity index is 1380. The number of aromatic nitrogens is 5. The Kier molecular flexibility index (Phi) is 5.13. The van der Waals surface area contributed by atoms with Crippen LogP contribution in [0.4, 0.5) is 4.39 Å². The summed E-state index contributed by atoms with van der Waals surface area (Å²) in [5, 5.41) is 14.9. The quantitative estimate of drug-likeness (QED) is 0.478. The number of imidazole rings is 1. The van der Waals surface area contributed by atoms with E-state index in [1.165, 1.54) is 11.6 Å². The summed E-state index contributed by atoms with van der Waals surface area (Å²) in [5.74, 6) is -0.403. The number of aryl methyl sites for hydroxylation is 1. The molecule has 2 aliphatic rings. The maximum atomic E-state index is 14.5. The number of halogens is 1. The zero-order chi connectivity index (χ0) is 23.2.